The number of hydrogen-bond acceptors (Lipinski definition) is 5. The van der Waals surface area contributed by atoms with Crippen molar-refractivity contribution in [2.45, 2.75) is 38.1 Å². The number of pyridine rings is 1. The van der Waals surface area contributed by atoms with Crippen molar-refractivity contribution in [1.29, 1.82) is 0 Å². The van der Waals surface area contributed by atoms with Crippen LogP contribution in [0.2, 0.25) is 5.02 Å². The van der Waals surface area contributed by atoms with Crippen molar-refractivity contribution in [1.82, 2.24) is 9.97 Å². The Kier molecular flexibility index (Phi) is 7.45. The second-order valence-electron chi connectivity index (χ2n) is 7.59. The van der Waals surface area contributed by atoms with Crippen LogP contribution in [-0.2, 0) is 11.3 Å². The molecule has 0 atom stereocenters. The third-order valence-electron chi connectivity index (χ3n) is 5.31. The average Bonchev–Trinajstić information content (AvgIpc) is 3.24. The number of rotatable bonds is 8. The van der Waals surface area contributed by atoms with Gasteiger partial charge in [0.1, 0.15) is 0 Å². The molecule has 2 aromatic heterocycles. The van der Waals surface area contributed by atoms with E-state index in [0.717, 1.165) is 43.0 Å². The summed E-state index contributed by atoms with van der Waals surface area (Å²) in [5.41, 5.74) is 4.40. The van der Waals surface area contributed by atoms with Crippen LogP contribution in [0.3, 0.4) is 0 Å². The summed E-state index contributed by atoms with van der Waals surface area (Å²) in [6.07, 6.45) is 4.78. The van der Waals surface area contributed by atoms with E-state index in [9.17, 15) is 4.79 Å². The maximum absolute atomic E-state index is 13.3. The third kappa shape index (κ3) is 5.49. The zero-order valence-corrected chi connectivity index (χ0v) is 20.4. The Morgan fingerprint density at radius 2 is 1.81 bits per heavy atom. The van der Waals surface area contributed by atoms with Gasteiger partial charge in [-0.25, -0.2) is 4.98 Å². The van der Waals surface area contributed by atoms with Crippen LogP contribution in [0.4, 0.5) is 5.13 Å². The zero-order chi connectivity index (χ0) is 22.5. The lowest BCUT2D eigenvalue weighted by molar-refractivity contribution is -0.118. The molecule has 4 rings (SSSR count). The number of thioether (sulfide) groups is 1. The van der Waals surface area contributed by atoms with E-state index < -0.39 is 0 Å². The Morgan fingerprint density at radius 3 is 2.56 bits per heavy atom. The molecule has 0 aliphatic carbocycles. The predicted octanol–water partition coefficient (Wildman–Crippen LogP) is 7.07. The number of thiazole rings is 1. The van der Waals surface area contributed by atoms with Gasteiger partial charge in [-0.05, 0) is 85.2 Å². The van der Waals surface area contributed by atoms with Gasteiger partial charge in [0.2, 0.25) is 5.91 Å². The highest BCUT2D eigenvalue weighted by Gasteiger charge is 2.21. The molecule has 164 valence electrons. The van der Waals surface area contributed by atoms with Gasteiger partial charge in [0.05, 0.1) is 16.8 Å². The second-order valence-corrected chi connectivity index (χ2v) is 10.2. The summed E-state index contributed by atoms with van der Waals surface area (Å²) >= 11 is 9.27. The summed E-state index contributed by atoms with van der Waals surface area (Å²) in [7, 11) is 0. The van der Waals surface area contributed by atoms with Gasteiger partial charge in [-0.15, -0.1) is 11.8 Å². The topological polar surface area (TPSA) is 46.1 Å². The number of fused-ring (bicyclic) bond motifs is 1. The molecule has 0 aliphatic heterocycles. The predicted molar refractivity (Wildman–Crippen MR) is 136 cm³/mol. The number of anilines is 1. The molecular formula is C25H24ClN3OS2. The largest absolute Gasteiger partial charge is 0.284 e. The standard InChI is InChI=1S/C25H24ClN3OS2/c1-17-5-10-22-24(18(17)2)28-25(32-22)29(16-19-11-13-27-14-12-19)23(30)4-3-15-31-21-8-6-20(26)7-9-21/h5-14H,3-4,15-16H2,1-2H3. The van der Waals surface area contributed by atoms with Crippen LogP contribution < -0.4 is 4.90 Å². The van der Waals surface area contributed by atoms with E-state index in [1.165, 1.54) is 11.1 Å². The number of amides is 1. The number of hydrogen-bond donors (Lipinski definition) is 0. The maximum atomic E-state index is 13.3. The van der Waals surface area contributed by atoms with Gasteiger partial charge in [-0.1, -0.05) is 29.0 Å². The number of aryl methyl sites for hydroxylation is 2. The quantitative estimate of drug-likeness (QED) is 0.199. The van der Waals surface area contributed by atoms with Gasteiger partial charge in [0.15, 0.2) is 5.13 Å². The molecule has 0 aliphatic rings. The van der Waals surface area contributed by atoms with Crippen LogP contribution >= 0.6 is 34.7 Å². The molecule has 7 heteroatoms. The molecule has 0 unspecified atom stereocenters. The highest BCUT2D eigenvalue weighted by molar-refractivity contribution is 7.99. The summed E-state index contributed by atoms with van der Waals surface area (Å²) in [4.78, 5) is 25.2. The van der Waals surface area contributed by atoms with Gasteiger partial charge in [-0.2, -0.15) is 0 Å². The molecule has 0 bridgehead atoms. The van der Waals surface area contributed by atoms with Crippen molar-refractivity contribution in [3.8, 4) is 0 Å². The molecule has 0 spiro atoms. The number of carbonyl (C=O) groups excluding carboxylic acids is 1. The van der Waals surface area contributed by atoms with E-state index in [0.29, 0.717) is 13.0 Å². The third-order valence-corrected chi connectivity index (χ3v) is 7.71. The smallest absolute Gasteiger partial charge is 0.229 e. The fourth-order valence-corrected chi connectivity index (χ4v) is 5.36. The summed E-state index contributed by atoms with van der Waals surface area (Å²) in [6.45, 7) is 4.67. The fraction of sp³-hybridized carbons (Fsp3) is 0.240. The molecule has 0 radical (unpaired) electrons. The first-order valence-electron chi connectivity index (χ1n) is 10.5. The SMILES string of the molecule is Cc1ccc2sc(N(Cc3ccncc3)C(=O)CCCSc3ccc(Cl)cc3)nc2c1C. The van der Waals surface area contributed by atoms with Gasteiger partial charge in [0.25, 0.3) is 0 Å². The molecular weight excluding hydrogens is 458 g/mol. The molecule has 0 fully saturated rings. The number of carbonyl (C=O) groups is 1. The van der Waals surface area contributed by atoms with Crippen molar-refractivity contribution < 1.29 is 4.79 Å². The van der Waals surface area contributed by atoms with E-state index in [1.807, 2.05) is 41.3 Å². The first kappa shape index (κ1) is 22.8. The minimum Gasteiger partial charge on any atom is -0.284 e. The van der Waals surface area contributed by atoms with Gasteiger partial charge < -0.3 is 0 Å². The van der Waals surface area contributed by atoms with Crippen molar-refractivity contribution in [2.24, 2.45) is 0 Å². The number of benzene rings is 2. The van der Waals surface area contributed by atoms with Crippen LogP contribution in [0, 0.1) is 13.8 Å². The van der Waals surface area contributed by atoms with E-state index in [4.69, 9.17) is 16.6 Å². The van der Waals surface area contributed by atoms with Gasteiger partial charge in [0, 0.05) is 28.7 Å². The van der Waals surface area contributed by atoms with Crippen LogP contribution in [0.25, 0.3) is 10.2 Å². The molecule has 32 heavy (non-hydrogen) atoms. The first-order chi connectivity index (χ1) is 15.5. The van der Waals surface area contributed by atoms with Crippen molar-refractivity contribution in [2.75, 3.05) is 10.7 Å². The van der Waals surface area contributed by atoms with Crippen LogP contribution in [-0.4, -0.2) is 21.6 Å². The number of nitrogens with zero attached hydrogens (tertiary/aromatic N) is 3. The molecule has 1 amide bonds. The Morgan fingerprint density at radius 1 is 1.06 bits per heavy atom. The Bertz CT molecular complexity index is 1210. The van der Waals surface area contributed by atoms with E-state index in [-0.39, 0.29) is 5.91 Å². The maximum Gasteiger partial charge on any atom is 0.229 e. The zero-order valence-electron chi connectivity index (χ0n) is 18.0. The van der Waals surface area contributed by atoms with Gasteiger partial charge in [-0.3, -0.25) is 14.7 Å². The molecule has 0 saturated carbocycles. The van der Waals surface area contributed by atoms with Crippen LogP contribution in [0.5, 0.6) is 0 Å². The lowest BCUT2D eigenvalue weighted by atomic mass is 10.1. The van der Waals surface area contributed by atoms with Crippen molar-refractivity contribution >= 4 is 56.0 Å². The van der Waals surface area contributed by atoms with Crippen LogP contribution in [0.1, 0.15) is 29.5 Å². The van der Waals surface area contributed by atoms with Crippen molar-refractivity contribution in [3.05, 3.63) is 82.6 Å². The summed E-state index contributed by atoms with van der Waals surface area (Å²) in [6, 6.07) is 15.9. The van der Waals surface area contributed by atoms with Crippen molar-refractivity contribution in [3.63, 3.8) is 0 Å². The Hall–Kier alpha value is -2.41. The second kappa shape index (κ2) is 10.5. The summed E-state index contributed by atoms with van der Waals surface area (Å²) in [5, 5.41) is 1.48. The molecule has 4 nitrogen and oxygen atoms in total. The molecule has 0 N–H and O–H groups in total. The average molecular weight is 482 g/mol. The fourth-order valence-electron chi connectivity index (χ4n) is 3.34. The lowest BCUT2D eigenvalue weighted by Gasteiger charge is -2.20. The minimum absolute atomic E-state index is 0.0898. The van der Waals surface area contributed by atoms with E-state index in [2.05, 4.69) is 31.0 Å². The lowest BCUT2D eigenvalue weighted by Crippen LogP contribution is -2.30. The summed E-state index contributed by atoms with van der Waals surface area (Å²) < 4.78 is 1.11. The van der Waals surface area contributed by atoms with Gasteiger partial charge >= 0.3 is 0 Å². The number of halogens is 1. The highest BCUT2D eigenvalue weighted by atomic mass is 35.5. The Labute approximate surface area is 201 Å². The highest BCUT2D eigenvalue weighted by Crippen LogP contribution is 2.33. The monoisotopic (exact) mass is 481 g/mol. The first-order valence-corrected chi connectivity index (χ1v) is 12.6. The molecule has 2 heterocycles. The van der Waals surface area contributed by atoms with E-state index >= 15 is 0 Å². The number of aromatic nitrogens is 2. The molecule has 2 aromatic carbocycles. The Balaban J connectivity index is 1.49. The van der Waals surface area contributed by atoms with E-state index in [1.54, 1.807) is 35.5 Å². The normalized spacial score (nSPS) is 11.1. The summed E-state index contributed by atoms with van der Waals surface area (Å²) in [5.74, 6) is 0.959. The molecule has 0 saturated heterocycles. The minimum atomic E-state index is 0.0898. The van der Waals surface area contributed by atoms with Crippen LogP contribution in [0.15, 0.2) is 65.8 Å². The molecule has 4 aromatic rings.